The lowest BCUT2D eigenvalue weighted by Gasteiger charge is -2.41. The Balaban J connectivity index is 1.73. The van der Waals surface area contributed by atoms with Gasteiger partial charge in [-0.3, -0.25) is 15.1 Å². The van der Waals surface area contributed by atoms with Gasteiger partial charge in [0, 0.05) is 39.1 Å². The molecule has 1 saturated carbocycles. The van der Waals surface area contributed by atoms with Crippen molar-refractivity contribution >= 4 is 5.91 Å². The molecule has 1 amide bonds. The molecule has 1 heterocycles. The minimum Gasteiger partial charge on any atom is -0.298 e. The van der Waals surface area contributed by atoms with Crippen molar-refractivity contribution in [2.75, 3.05) is 26.2 Å². The van der Waals surface area contributed by atoms with Gasteiger partial charge in [-0.1, -0.05) is 6.92 Å². The SMILES string of the molecule is CC(=O)NN1CCN(C2CCC(C)CC2)CC1. The first-order chi connectivity index (χ1) is 8.15. The number of nitrogens with zero attached hydrogens (tertiary/aromatic N) is 2. The molecule has 1 aliphatic heterocycles. The van der Waals surface area contributed by atoms with Crippen molar-refractivity contribution in [3.05, 3.63) is 0 Å². The molecule has 1 N–H and O–H groups in total. The van der Waals surface area contributed by atoms with Gasteiger partial charge in [0.15, 0.2) is 0 Å². The molecule has 0 aromatic carbocycles. The molecule has 2 aliphatic rings. The summed E-state index contributed by atoms with van der Waals surface area (Å²) in [6.07, 6.45) is 5.50. The van der Waals surface area contributed by atoms with E-state index in [0.29, 0.717) is 0 Å². The minimum absolute atomic E-state index is 0.0462. The van der Waals surface area contributed by atoms with Crippen LogP contribution in [0.15, 0.2) is 0 Å². The van der Waals surface area contributed by atoms with E-state index in [1.165, 1.54) is 25.7 Å². The van der Waals surface area contributed by atoms with Gasteiger partial charge < -0.3 is 0 Å². The molecule has 4 nitrogen and oxygen atoms in total. The van der Waals surface area contributed by atoms with Crippen molar-refractivity contribution in [2.45, 2.75) is 45.6 Å². The summed E-state index contributed by atoms with van der Waals surface area (Å²) in [6.45, 7) is 8.07. The first-order valence-corrected chi connectivity index (χ1v) is 6.91. The van der Waals surface area contributed by atoms with Crippen LogP contribution in [0.5, 0.6) is 0 Å². The van der Waals surface area contributed by atoms with Crippen LogP contribution in [0.25, 0.3) is 0 Å². The zero-order valence-corrected chi connectivity index (χ0v) is 11.1. The standard InChI is InChI=1S/C13H25N3O/c1-11-3-5-13(6-4-11)15-7-9-16(10-8-15)14-12(2)17/h11,13H,3-10H2,1-2H3,(H,14,17). The summed E-state index contributed by atoms with van der Waals surface area (Å²) in [5, 5.41) is 2.05. The van der Waals surface area contributed by atoms with Gasteiger partial charge in [-0.05, 0) is 31.6 Å². The molecule has 0 unspecified atom stereocenters. The molecule has 0 atom stereocenters. The smallest absolute Gasteiger partial charge is 0.231 e. The summed E-state index contributed by atoms with van der Waals surface area (Å²) in [7, 11) is 0. The summed E-state index contributed by atoms with van der Waals surface area (Å²) >= 11 is 0. The van der Waals surface area contributed by atoms with Gasteiger partial charge in [-0.15, -0.1) is 0 Å². The third-order valence-corrected chi connectivity index (χ3v) is 4.13. The first-order valence-electron chi connectivity index (χ1n) is 6.91. The third-order valence-electron chi connectivity index (χ3n) is 4.13. The Kier molecular flexibility index (Phi) is 4.40. The van der Waals surface area contributed by atoms with Crippen LogP contribution < -0.4 is 5.43 Å². The van der Waals surface area contributed by atoms with Crippen LogP contribution in [0.1, 0.15) is 39.5 Å². The number of hydrogen-bond acceptors (Lipinski definition) is 3. The Morgan fingerprint density at radius 1 is 1.06 bits per heavy atom. The molecule has 0 spiro atoms. The molecule has 0 aromatic rings. The van der Waals surface area contributed by atoms with Gasteiger partial charge in [0.05, 0.1) is 0 Å². The van der Waals surface area contributed by atoms with E-state index in [9.17, 15) is 4.79 Å². The predicted molar refractivity (Wildman–Crippen MR) is 68.4 cm³/mol. The van der Waals surface area contributed by atoms with E-state index >= 15 is 0 Å². The molecule has 4 heteroatoms. The highest BCUT2D eigenvalue weighted by Crippen LogP contribution is 2.27. The van der Waals surface area contributed by atoms with Crippen molar-refractivity contribution in [3.8, 4) is 0 Å². The molecule has 0 aromatic heterocycles. The molecule has 1 aliphatic carbocycles. The number of nitrogens with one attached hydrogen (secondary N) is 1. The first kappa shape index (κ1) is 12.8. The van der Waals surface area contributed by atoms with Crippen LogP contribution in [0.3, 0.4) is 0 Å². The lowest BCUT2D eigenvalue weighted by atomic mass is 9.86. The second-order valence-corrected chi connectivity index (χ2v) is 5.60. The van der Waals surface area contributed by atoms with Crippen LogP contribution >= 0.6 is 0 Å². The number of piperazine rings is 1. The number of hydrazine groups is 1. The van der Waals surface area contributed by atoms with E-state index in [1.54, 1.807) is 6.92 Å². The average molecular weight is 239 g/mol. The monoisotopic (exact) mass is 239 g/mol. The van der Waals surface area contributed by atoms with E-state index in [2.05, 4.69) is 17.2 Å². The normalized spacial score (nSPS) is 32.4. The van der Waals surface area contributed by atoms with Gasteiger partial charge in [-0.2, -0.15) is 0 Å². The average Bonchev–Trinajstić information content (AvgIpc) is 2.30. The van der Waals surface area contributed by atoms with E-state index in [0.717, 1.165) is 38.1 Å². The number of rotatable bonds is 2. The minimum atomic E-state index is 0.0462. The zero-order valence-electron chi connectivity index (χ0n) is 11.1. The van der Waals surface area contributed by atoms with Gasteiger partial charge in [-0.25, -0.2) is 5.01 Å². The highest BCUT2D eigenvalue weighted by molar-refractivity contribution is 5.72. The second kappa shape index (κ2) is 5.83. The van der Waals surface area contributed by atoms with E-state index in [4.69, 9.17) is 0 Å². The van der Waals surface area contributed by atoms with Crippen LogP contribution in [-0.2, 0) is 4.79 Å². The van der Waals surface area contributed by atoms with E-state index < -0.39 is 0 Å². The number of carbonyl (C=O) groups excluding carboxylic acids is 1. The maximum atomic E-state index is 11.0. The fraction of sp³-hybridized carbons (Fsp3) is 0.923. The number of amides is 1. The molecule has 2 rings (SSSR count). The van der Waals surface area contributed by atoms with Crippen molar-refractivity contribution in [3.63, 3.8) is 0 Å². The highest BCUT2D eigenvalue weighted by atomic mass is 16.2. The molecular weight excluding hydrogens is 214 g/mol. The third kappa shape index (κ3) is 3.68. The van der Waals surface area contributed by atoms with E-state index in [1.807, 2.05) is 5.01 Å². The number of hydrogen-bond donors (Lipinski definition) is 1. The van der Waals surface area contributed by atoms with Crippen molar-refractivity contribution in [1.29, 1.82) is 0 Å². The molecular formula is C13H25N3O. The second-order valence-electron chi connectivity index (χ2n) is 5.60. The maximum absolute atomic E-state index is 11.0. The van der Waals surface area contributed by atoms with Gasteiger partial charge >= 0.3 is 0 Å². The lowest BCUT2D eigenvalue weighted by Crippen LogP contribution is -2.55. The summed E-state index contributed by atoms with van der Waals surface area (Å²) in [5.74, 6) is 0.969. The van der Waals surface area contributed by atoms with Crippen LogP contribution in [0.4, 0.5) is 0 Å². The molecule has 0 bridgehead atoms. The molecule has 0 radical (unpaired) electrons. The van der Waals surface area contributed by atoms with Crippen LogP contribution in [0, 0.1) is 5.92 Å². The molecule has 1 saturated heterocycles. The fourth-order valence-electron chi connectivity index (χ4n) is 3.03. The van der Waals surface area contributed by atoms with Crippen molar-refractivity contribution in [1.82, 2.24) is 15.3 Å². The molecule has 17 heavy (non-hydrogen) atoms. The Labute approximate surface area is 104 Å². The molecule has 2 fully saturated rings. The van der Waals surface area contributed by atoms with Gasteiger partial charge in [0.25, 0.3) is 0 Å². The summed E-state index contributed by atoms with van der Waals surface area (Å²) in [6, 6.07) is 0.797. The Morgan fingerprint density at radius 3 is 2.18 bits per heavy atom. The van der Waals surface area contributed by atoms with Crippen LogP contribution in [0.2, 0.25) is 0 Å². The largest absolute Gasteiger partial charge is 0.298 e. The van der Waals surface area contributed by atoms with E-state index in [-0.39, 0.29) is 5.91 Å². The zero-order chi connectivity index (χ0) is 12.3. The van der Waals surface area contributed by atoms with Gasteiger partial charge in [0.1, 0.15) is 0 Å². The Bertz CT molecular complexity index is 253. The van der Waals surface area contributed by atoms with Crippen molar-refractivity contribution < 1.29 is 4.79 Å². The maximum Gasteiger partial charge on any atom is 0.231 e. The Morgan fingerprint density at radius 2 is 1.65 bits per heavy atom. The molecule has 98 valence electrons. The van der Waals surface area contributed by atoms with Crippen molar-refractivity contribution in [2.24, 2.45) is 5.92 Å². The summed E-state index contributed by atoms with van der Waals surface area (Å²) < 4.78 is 0. The number of carbonyl (C=O) groups is 1. The van der Waals surface area contributed by atoms with Crippen LogP contribution in [-0.4, -0.2) is 48.0 Å². The lowest BCUT2D eigenvalue weighted by molar-refractivity contribution is -0.124. The highest BCUT2D eigenvalue weighted by Gasteiger charge is 2.26. The summed E-state index contributed by atoms with van der Waals surface area (Å²) in [5.41, 5.74) is 2.88. The Hall–Kier alpha value is -0.610. The topological polar surface area (TPSA) is 35.6 Å². The summed E-state index contributed by atoms with van der Waals surface area (Å²) in [4.78, 5) is 13.6. The predicted octanol–water partition coefficient (Wildman–Crippen LogP) is 1.23. The van der Waals surface area contributed by atoms with Gasteiger partial charge in [0.2, 0.25) is 5.91 Å². The fourth-order valence-corrected chi connectivity index (χ4v) is 3.03. The quantitative estimate of drug-likeness (QED) is 0.787.